The van der Waals surface area contributed by atoms with E-state index in [0.29, 0.717) is 5.56 Å². The highest BCUT2D eigenvalue weighted by Gasteiger charge is 2.36. The molecule has 1 aromatic carbocycles. The summed E-state index contributed by atoms with van der Waals surface area (Å²) < 4.78 is 88.1. The van der Waals surface area contributed by atoms with E-state index in [4.69, 9.17) is 4.74 Å². The van der Waals surface area contributed by atoms with E-state index in [2.05, 4.69) is 25.3 Å². The Bertz CT molecular complexity index is 1480. The van der Waals surface area contributed by atoms with E-state index >= 15 is 0 Å². The van der Waals surface area contributed by atoms with Gasteiger partial charge in [-0.05, 0) is 55.2 Å². The molecular formula is C26H23F6N5O. The number of aryl methyl sites for hydroxylation is 2. The van der Waals surface area contributed by atoms with Crippen molar-refractivity contribution in [3.05, 3.63) is 64.8 Å². The number of aromatic nitrogens is 4. The minimum absolute atomic E-state index is 0.00380. The number of nitrogens with one attached hydrogen (secondary N) is 1. The number of halogens is 6. The highest BCUT2D eigenvalue weighted by atomic mass is 19.4. The van der Waals surface area contributed by atoms with Crippen LogP contribution in [-0.4, -0.2) is 26.5 Å². The third-order valence-corrected chi connectivity index (χ3v) is 5.55. The van der Waals surface area contributed by atoms with Crippen molar-refractivity contribution >= 4 is 22.5 Å². The van der Waals surface area contributed by atoms with Crippen LogP contribution in [0.4, 0.5) is 37.8 Å². The quantitative estimate of drug-likeness (QED) is 0.258. The molecule has 0 spiro atoms. The SMILES string of the molecule is Cc1cccc(Nc2nc(OCC(C)C)nc3nc(-c4ncccc4C(F)(F)F)cc(C)c23)c1C(F)(F)F. The number of hydrogen-bond acceptors (Lipinski definition) is 6. The molecule has 3 heterocycles. The van der Waals surface area contributed by atoms with E-state index in [1.807, 2.05) is 13.8 Å². The molecule has 0 aliphatic carbocycles. The lowest BCUT2D eigenvalue weighted by molar-refractivity contribution is -0.138. The van der Waals surface area contributed by atoms with Crippen LogP contribution < -0.4 is 10.1 Å². The maximum Gasteiger partial charge on any atom is 0.418 e. The number of rotatable bonds is 6. The molecule has 0 aliphatic rings. The molecule has 1 N–H and O–H groups in total. The van der Waals surface area contributed by atoms with Gasteiger partial charge in [-0.1, -0.05) is 26.0 Å². The molecule has 0 fully saturated rings. The van der Waals surface area contributed by atoms with Gasteiger partial charge < -0.3 is 10.1 Å². The standard InChI is InChI=1S/C26H23F6N5O/c1-13(2)12-38-24-36-22(34-17-9-5-7-14(3)20(17)26(30,31)32)19-15(4)11-18(35-23(19)37-24)21-16(25(27,28)29)8-6-10-33-21/h5-11,13H,12H2,1-4H3,(H,34,35,36,37). The van der Waals surface area contributed by atoms with E-state index in [9.17, 15) is 26.3 Å². The van der Waals surface area contributed by atoms with Gasteiger partial charge in [0.05, 0.1) is 34.5 Å². The second-order valence-corrected chi connectivity index (χ2v) is 9.10. The normalized spacial score (nSPS) is 12.3. The van der Waals surface area contributed by atoms with Crippen molar-refractivity contribution in [3.63, 3.8) is 0 Å². The molecular weight excluding hydrogens is 512 g/mol. The van der Waals surface area contributed by atoms with Gasteiger partial charge in [-0.25, -0.2) is 4.98 Å². The second kappa shape index (κ2) is 10.1. The molecule has 0 unspecified atom stereocenters. The number of nitrogens with zero attached hydrogens (tertiary/aromatic N) is 4. The van der Waals surface area contributed by atoms with Crippen LogP contribution in [0, 0.1) is 19.8 Å². The number of alkyl halides is 6. The fraction of sp³-hybridized carbons (Fsp3) is 0.308. The second-order valence-electron chi connectivity index (χ2n) is 9.10. The van der Waals surface area contributed by atoms with E-state index < -0.39 is 29.2 Å². The zero-order valence-corrected chi connectivity index (χ0v) is 20.8. The molecule has 38 heavy (non-hydrogen) atoms. The summed E-state index contributed by atoms with van der Waals surface area (Å²) in [7, 11) is 0. The molecule has 12 heteroatoms. The van der Waals surface area contributed by atoms with Crippen molar-refractivity contribution in [1.29, 1.82) is 0 Å². The average molecular weight is 535 g/mol. The first-order valence-corrected chi connectivity index (χ1v) is 11.5. The Morgan fingerprint density at radius 3 is 2.29 bits per heavy atom. The maximum absolute atomic E-state index is 13.9. The van der Waals surface area contributed by atoms with Gasteiger partial charge in [-0.3, -0.25) is 4.98 Å². The Kier molecular flexibility index (Phi) is 7.18. The molecule has 3 aromatic heterocycles. The van der Waals surface area contributed by atoms with Crippen LogP contribution in [0.25, 0.3) is 22.4 Å². The first-order chi connectivity index (χ1) is 17.8. The first kappa shape index (κ1) is 27.1. The minimum atomic E-state index is -4.68. The van der Waals surface area contributed by atoms with Crippen LogP contribution in [0.5, 0.6) is 6.01 Å². The predicted molar refractivity (Wildman–Crippen MR) is 130 cm³/mol. The maximum atomic E-state index is 13.9. The molecule has 200 valence electrons. The number of benzene rings is 1. The van der Waals surface area contributed by atoms with E-state index in [1.165, 1.54) is 43.5 Å². The van der Waals surface area contributed by atoms with Crippen LogP contribution in [0.1, 0.15) is 36.1 Å². The van der Waals surface area contributed by atoms with Crippen LogP contribution >= 0.6 is 0 Å². The summed E-state index contributed by atoms with van der Waals surface area (Å²) in [5.74, 6) is 0.0432. The molecule has 0 saturated heterocycles. The van der Waals surface area contributed by atoms with Crippen molar-refractivity contribution in [2.45, 2.75) is 40.0 Å². The zero-order valence-electron chi connectivity index (χ0n) is 20.8. The Hall–Kier alpha value is -3.96. The van der Waals surface area contributed by atoms with Gasteiger partial charge in [-0.2, -0.15) is 36.3 Å². The van der Waals surface area contributed by atoms with Gasteiger partial charge in [0.25, 0.3) is 0 Å². The molecule has 4 aromatic rings. The summed E-state index contributed by atoms with van der Waals surface area (Å²) >= 11 is 0. The highest BCUT2D eigenvalue weighted by Crippen LogP contribution is 2.40. The predicted octanol–water partition coefficient (Wildman–Crippen LogP) is 7.52. The lowest BCUT2D eigenvalue weighted by atomic mass is 10.0. The largest absolute Gasteiger partial charge is 0.463 e. The fourth-order valence-corrected chi connectivity index (χ4v) is 3.93. The van der Waals surface area contributed by atoms with E-state index in [1.54, 1.807) is 6.92 Å². The Balaban J connectivity index is 1.94. The number of ether oxygens (including phenoxy) is 1. The molecule has 6 nitrogen and oxygen atoms in total. The monoisotopic (exact) mass is 535 g/mol. The third-order valence-electron chi connectivity index (χ3n) is 5.55. The Morgan fingerprint density at radius 1 is 0.895 bits per heavy atom. The fourth-order valence-electron chi connectivity index (χ4n) is 3.93. The summed E-state index contributed by atoms with van der Waals surface area (Å²) in [5, 5.41) is 2.97. The van der Waals surface area contributed by atoms with E-state index in [0.717, 1.165) is 6.07 Å². The molecule has 4 rings (SSSR count). The molecule has 0 saturated carbocycles. The smallest absolute Gasteiger partial charge is 0.418 e. The molecule has 0 bridgehead atoms. The number of fused-ring (bicyclic) bond motifs is 1. The Labute approximate surface area is 214 Å². The van der Waals surface area contributed by atoms with Crippen molar-refractivity contribution < 1.29 is 31.1 Å². The highest BCUT2D eigenvalue weighted by molar-refractivity contribution is 5.93. The van der Waals surface area contributed by atoms with Crippen LogP contribution in [0.3, 0.4) is 0 Å². The summed E-state index contributed by atoms with van der Waals surface area (Å²) in [5.41, 5.74) is -2.29. The molecule has 0 amide bonds. The molecule has 0 aliphatic heterocycles. The van der Waals surface area contributed by atoms with Gasteiger partial charge in [0.15, 0.2) is 5.65 Å². The summed E-state index contributed by atoms with van der Waals surface area (Å²) in [6.45, 7) is 6.87. The minimum Gasteiger partial charge on any atom is -0.463 e. The number of pyridine rings is 2. The number of hydrogen-bond donors (Lipinski definition) is 1. The summed E-state index contributed by atoms with van der Waals surface area (Å²) in [4.78, 5) is 16.7. The average Bonchev–Trinajstić information content (AvgIpc) is 2.81. The topological polar surface area (TPSA) is 72.8 Å². The zero-order chi connectivity index (χ0) is 27.8. The van der Waals surface area contributed by atoms with Gasteiger partial charge >= 0.3 is 18.4 Å². The van der Waals surface area contributed by atoms with Crippen LogP contribution in [0.2, 0.25) is 0 Å². The summed E-state index contributed by atoms with van der Waals surface area (Å²) in [6.07, 6.45) is -8.12. The third kappa shape index (κ3) is 5.63. The van der Waals surface area contributed by atoms with Crippen molar-refractivity contribution in [1.82, 2.24) is 19.9 Å². The van der Waals surface area contributed by atoms with Crippen LogP contribution in [0.15, 0.2) is 42.6 Å². The Morgan fingerprint density at radius 2 is 1.63 bits per heavy atom. The van der Waals surface area contributed by atoms with Gasteiger partial charge in [0.2, 0.25) is 0 Å². The first-order valence-electron chi connectivity index (χ1n) is 11.5. The van der Waals surface area contributed by atoms with Crippen molar-refractivity contribution in [3.8, 4) is 17.4 Å². The van der Waals surface area contributed by atoms with Crippen molar-refractivity contribution in [2.75, 3.05) is 11.9 Å². The van der Waals surface area contributed by atoms with Gasteiger partial charge in [0.1, 0.15) is 11.5 Å². The number of anilines is 2. The lowest BCUT2D eigenvalue weighted by Crippen LogP contribution is -2.13. The lowest BCUT2D eigenvalue weighted by Gasteiger charge is -2.19. The molecule has 0 atom stereocenters. The van der Waals surface area contributed by atoms with Gasteiger partial charge in [0, 0.05) is 6.20 Å². The van der Waals surface area contributed by atoms with E-state index in [-0.39, 0.29) is 52.3 Å². The molecule has 0 radical (unpaired) electrons. The van der Waals surface area contributed by atoms with Crippen molar-refractivity contribution in [2.24, 2.45) is 5.92 Å². The van der Waals surface area contributed by atoms with Crippen LogP contribution in [-0.2, 0) is 12.4 Å². The van der Waals surface area contributed by atoms with Gasteiger partial charge in [-0.15, -0.1) is 0 Å². The summed E-state index contributed by atoms with van der Waals surface area (Å²) in [6, 6.07) is 7.31.